The van der Waals surface area contributed by atoms with E-state index < -0.39 is 22.3 Å². The number of aromatic nitrogens is 2. The molecule has 1 saturated heterocycles. The van der Waals surface area contributed by atoms with E-state index in [4.69, 9.17) is 9.84 Å². The number of carbonyl (C=O) groups excluding carboxylic acids is 2. The molecule has 0 aliphatic carbocycles. The highest BCUT2D eigenvalue weighted by Crippen LogP contribution is 2.49. The normalized spacial score (nSPS) is 19.4. The lowest BCUT2D eigenvalue weighted by molar-refractivity contribution is -0.123. The molecule has 3 aromatic rings. The molecular weight excluding hydrogens is 534 g/mol. The molecule has 1 aromatic heterocycles. The molecule has 2 aromatic carbocycles. The maximum absolute atomic E-state index is 15.3. The average Bonchev–Trinajstić information content (AvgIpc) is 3.53. The van der Waals surface area contributed by atoms with Crippen LogP contribution >= 0.6 is 11.8 Å². The van der Waals surface area contributed by atoms with Gasteiger partial charge in [-0.2, -0.15) is 5.10 Å². The van der Waals surface area contributed by atoms with Gasteiger partial charge < -0.3 is 10.1 Å². The van der Waals surface area contributed by atoms with Crippen molar-refractivity contribution < 1.29 is 23.1 Å². The summed E-state index contributed by atoms with van der Waals surface area (Å²) in [4.78, 5) is 28.3. The summed E-state index contributed by atoms with van der Waals surface area (Å²) in [5, 5.41) is 7.27. The van der Waals surface area contributed by atoms with Crippen LogP contribution in [0.2, 0.25) is 0 Å². The second-order valence-corrected chi connectivity index (χ2v) is 12.5. The SMILES string of the molecule is Cc1cccc(-n2nc(C(C)(C)C)c3c2N(CC(=O)NC[C@H]2CCCO2)C(=O)CS[C@@H]3c2ccc(F)cc2F)c1. The minimum atomic E-state index is -0.693. The van der Waals surface area contributed by atoms with E-state index in [1.807, 2.05) is 52.0 Å². The quantitative estimate of drug-likeness (QED) is 0.441. The molecular formula is C30H34F2N4O3S. The Morgan fingerprint density at radius 3 is 2.67 bits per heavy atom. The number of amides is 2. The zero-order valence-electron chi connectivity index (χ0n) is 23.2. The van der Waals surface area contributed by atoms with Gasteiger partial charge in [-0.05, 0) is 43.5 Å². The van der Waals surface area contributed by atoms with Crippen LogP contribution in [0.1, 0.15) is 61.2 Å². The van der Waals surface area contributed by atoms with E-state index in [2.05, 4.69) is 5.32 Å². The molecule has 212 valence electrons. The number of hydrogen-bond acceptors (Lipinski definition) is 5. The average molecular weight is 569 g/mol. The second kappa shape index (κ2) is 11.3. The third-order valence-corrected chi connectivity index (χ3v) is 8.38. The molecule has 5 rings (SSSR count). The van der Waals surface area contributed by atoms with E-state index >= 15 is 4.39 Å². The number of thioether (sulfide) groups is 1. The van der Waals surface area contributed by atoms with Crippen molar-refractivity contribution >= 4 is 29.4 Å². The van der Waals surface area contributed by atoms with E-state index in [0.29, 0.717) is 30.2 Å². The predicted molar refractivity (Wildman–Crippen MR) is 152 cm³/mol. The largest absolute Gasteiger partial charge is 0.376 e. The van der Waals surface area contributed by atoms with Gasteiger partial charge in [-0.1, -0.05) is 39.0 Å². The molecule has 0 radical (unpaired) electrons. The van der Waals surface area contributed by atoms with E-state index in [1.54, 1.807) is 4.68 Å². The van der Waals surface area contributed by atoms with Crippen LogP contribution < -0.4 is 10.2 Å². The van der Waals surface area contributed by atoms with E-state index in [1.165, 1.54) is 28.8 Å². The Labute approximate surface area is 237 Å². The van der Waals surface area contributed by atoms with Gasteiger partial charge in [0.25, 0.3) is 0 Å². The fraction of sp³-hybridized carbons (Fsp3) is 0.433. The topological polar surface area (TPSA) is 76.5 Å². The van der Waals surface area contributed by atoms with E-state index in [0.717, 1.165) is 30.2 Å². The van der Waals surface area contributed by atoms with Gasteiger partial charge in [0.1, 0.15) is 24.0 Å². The van der Waals surface area contributed by atoms with Crippen molar-refractivity contribution in [3.63, 3.8) is 0 Å². The lowest BCUT2D eigenvalue weighted by atomic mass is 9.87. The van der Waals surface area contributed by atoms with Crippen molar-refractivity contribution in [2.75, 3.05) is 30.3 Å². The van der Waals surface area contributed by atoms with Gasteiger partial charge in [-0.15, -0.1) is 11.8 Å². The number of nitrogens with zero attached hydrogens (tertiary/aromatic N) is 3. The van der Waals surface area contributed by atoms with Crippen molar-refractivity contribution in [1.29, 1.82) is 0 Å². The fourth-order valence-corrected chi connectivity index (χ4v) is 6.42. The molecule has 40 heavy (non-hydrogen) atoms. The molecule has 2 aliphatic heterocycles. The molecule has 1 N–H and O–H groups in total. The molecule has 2 amide bonds. The highest BCUT2D eigenvalue weighted by molar-refractivity contribution is 8.00. The third-order valence-electron chi connectivity index (χ3n) is 7.14. The summed E-state index contributed by atoms with van der Waals surface area (Å²) in [6, 6.07) is 11.2. The smallest absolute Gasteiger partial charge is 0.240 e. The van der Waals surface area contributed by atoms with Crippen LogP contribution in [-0.2, 0) is 19.7 Å². The van der Waals surface area contributed by atoms with Crippen LogP contribution in [0.15, 0.2) is 42.5 Å². The van der Waals surface area contributed by atoms with Crippen molar-refractivity contribution in [2.45, 2.75) is 57.3 Å². The van der Waals surface area contributed by atoms with Crippen LogP contribution in [0.4, 0.5) is 14.6 Å². The van der Waals surface area contributed by atoms with Crippen molar-refractivity contribution in [3.8, 4) is 5.69 Å². The first-order valence-electron chi connectivity index (χ1n) is 13.5. The number of nitrogens with one attached hydrogen (secondary N) is 1. The number of anilines is 1. The van der Waals surface area contributed by atoms with Gasteiger partial charge in [0, 0.05) is 35.8 Å². The Kier molecular flexibility index (Phi) is 8.01. The number of fused-ring (bicyclic) bond motifs is 1. The van der Waals surface area contributed by atoms with E-state index in [9.17, 15) is 14.0 Å². The minimum Gasteiger partial charge on any atom is -0.376 e. The predicted octanol–water partition coefficient (Wildman–Crippen LogP) is 5.22. The zero-order chi connectivity index (χ0) is 28.6. The summed E-state index contributed by atoms with van der Waals surface area (Å²) < 4.78 is 36.5. The number of ether oxygens (including phenoxy) is 1. The maximum atomic E-state index is 15.3. The Morgan fingerprint density at radius 1 is 1.20 bits per heavy atom. The number of halogens is 2. The van der Waals surface area contributed by atoms with Gasteiger partial charge in [-0.25, -0.2) is 13.5 Å². The molecule has 7 nitrogen and oxygen atoms in total. The Balaban J connectivity index is 1.67. The molecule has 1 fully saturated rings. The van der Waals surface area contributed by atoms with Gasteiger partial charge >= 0.3 is 0 Å². The van der Waals surface area contributed by atoms with E-state index in [-0.39, 0.29) is 35.8 Å². The second-order valence-electron chi connectivity index (χ2n) is 11.4. The maximum Gasteiger partial charge on any atom is 0.240 e. The fourth-order valence-electron chi connectivity index (χ4n) is 5.21. The molecule has 0 saturated carbocycles. The third kappa shape index (κ3) is 5.78. The van der Waals surface area contributed by atoms with Crippen molar-refractivity contribution in [1.82, 2.24) is 15.1 Å². The highest BCUT2D eigenvalue weighted by atomic mass is 32.2. The lowest BCUT2D eigenvalue weighted by Crippen LogP contribution is -2.44. The molecule has 0 bridgehead atoms. The van der Waals surface area contributed by atoms with Gasteiger partial charge in [0.2, 0.25) is 11.8 Å². The van der Waals surface area contributed by atoms with Crippen LogP contribution in [0, 0.1) is 18.6 Å². The first-order valence-corrected chi connectivity index (χ1v) is 14.5. The molecule has 3 heterocycles. The number of rotatable bonds is 6. The van der Waals surface area contributed by atoms with Gasteiger partial charge in [-0.3, -0.25) is 14.5 Å². The first-order chi connectivity index (χ1) is 19.0. The minimum absolute atomic E-state index is 0.00653. The molecule has 0 unspecified atom stereocenters. The van der Waals surface area contributed by atoms with Crippen LogP contribution in [0.5, 0.6) is 0 Å². The van der Waals surface area contributed by atoms with Gasteiger partial charge in [0.05, 0.1) is 28.5 Å². The van der Waals surface area contributed by atoms with Crippen LogP contribution in [0.3, 0.4) is 0 Å². The number of hydrogen-bond donors (Lipinski definition) is 1. The highest BCUT2D eigenvalue weighted by Gasteiger charge is 2.40. The van der Waals surface area contributed by atoms with Crippen molar-refractivity contribution in [3.05, 3.63) is 76.5 Å². The Morgan fingerprint density at radius 2 is 2.00 bits per heavy atom. The number of aryl methyl sites for hydroxylation is 1. The first kappa shape index (κ1) is 28.3. The molecule has 0 spiro atoms. The molecule has 10 heteroatoms. The summed E-state index contributed by atoms with van der Waals surface area (Å²) in [5.74, 6) is -1.55. The Bertz CT molecular complexity index is 1430. The molecule has 2 aliphatic rings. The van der Waals surface area contributed by atoms with Crippen LogP contribution in [-0.4, -0.2) is 53.1 Å². The summed E-state index contributed by atoms with van der Waals surface area (Å²) in [5.41, 5.74) is 2.80. The lowest BCUT2D eigenvalue weighted by Gasteiger charge is -2.25. The summed E-state index contributed by atoms with van der Waals surface area (Å²) in [6.45, 7) is 8.80. The standard InChI is InChI=1S/C30H34F2N4O3S/c1-18-7-5-8-20(13-18)36-29-26(28(34-36)30(2,3)4)27(22-11-10-19(31)14-23(22)32)40-17-25(38)35(29)16-24(37)33-15-21-9-6-12-39-21/h5,7-8,10-11,13-14,21,27H,6,9,12,15-17H2,1-4H3,(H,33,37)/t21-,27-/m1/s1. The molecule has 2 atom stereocenters. The number of benzene rings is 2. The number of carbonyl (C=O) groups is 2. The van der Waals surface area contributed by atoms with Crippen LogP contribution in [0.25, 0.3) is 5.69 Å². The Hall–Kier alpha value is -3.24. The summed E-state index contributed by atoms with van der Waals surface area (Å²) in [6.07, 6.45) is 1.80. The zero-order valence-corrected chi connectivity index (χ0v) is 24.0. The van der Waals surface area contributed by atoms with Gasteiger partial charge in [0.15, 0.2) is 0 Å². The van der Waals surface area contributed by atoms with Crippen molar-refractivity contribution in [2.24, 2.45) is 0 Å². The summed E-state index contributed by atoms with van der Waals surface area (Å²) >= 11 is 1.26. The monoisotopic (exact) mass is 568 g/mol. The summed E-state index contributed by atoms with van der Waals surface area (Å²) in [7, 11) is 0.